The lowest BCUT2D eigenvalue weighted by Gasteiger charge is -2.33. The molecule has 0 amide bonds. The van der Waals surface area contributed by atoms with Crippen molar-refractivity contribution < 1.29 is 13.9 Å². The molecule has 1 unspecified atom stereocenters. The van der Waals surface area contributed by atoms with E-state index in [-0.39, 0.29) is 12.0 Å². The van der Waals surface area contributed by atoms with Crippen molar-refractivity contribution in [3.8, 4) is 10.8 Å². The topological polar surface area (TPSA) is 55.6 Å². The van der Waals surface area contributed by atoms with E-state index in [1.54, 1.807) is 11.3 Å². The molecule has 1 saturated heterocycles. The fourth-order valence-electron chi connectivity index (χ4n) is 2.83. The lowest BCUT2D eigenvalue weighted by atomic mass is 10.0. The average molecular weight is 320 g/mol. The Kier molecular flexibility index (Phi) is 4.59. The van der Waals surface area contributed by atoms with Gasteiger partial charge < -0.3 is 9.15 Å². The van der Waals surface area contributed by atoms with E-state index >= 15 is 0 Å². The van der Waals surface area contributed by atoms with Crippen LogP contribution in [-0.4, -0.2) is 35.5 Å². The number of nitrogens with zero attached hydrogens (tertiary/aromatic N) is 2. The summed E-state index contributed by atoms with van der Waals surface area (Å²) in [5.74, 6) is 1.54. The largest absolute Gasteiger partial charge is 0.468 e. The van der Waals surface area contributed by atoms with Crippen LogP contribution >= 0.6 is 11.3 Å². The lowest BCUT2D eigenvalue weighted by molar-refractivity contribution is -0.148. The van der Waals surface area contributed by atoms with Crippen molar-refractivity contribution in [1.29, 1.82) is 0 Å². The maximum atomic E-state index is 11.9. The summed E-state index contributed by atoms with van der Waals surface area (Å²) in [4.78, 5) is 18.7. The fraction of sp³-hybridized carbons (Fsp3) is 0.500. The highest BCUT2D eigenvalue weighted by molar-refractivity contribution is 7.13. The molecule has 0 bridgehead atoms. The van der Waals surface area contributed by atoms with Crippen LogP contribution in [0, 0.1) is 6.92 Å². The number of hydrogen-bond acceptors (Lipinski definition) is 6. The third-order valence-corrected chi connectivity index (χ3v) is 4.86. The number of rotatable bonds is 4. The maximum Gasteiger partial charge on any atom is 0.323 e. The number of ether oxygens (including phenoxy) is 1. The summed E-state index contributed by atoms with van der Waals surface area (Å²) >= 11 is 1.57. The quantitative estimate of drug-likeness (QED) is 0.810. The Hall–Kier alpha value is -1.66. The number of likely N-dealkylation sites (tertiary alicyclic amines) is 1. The van der Waals surface area contributed by atoms with Crippen LogP contribution in [-0.2, 0) is 16.1 Å². The zero-order valence-electron chi connectivity index (χ0n) is 12.9. The summed E-state index contributed by atoms with van der Waals surface area (Å²) in [5.41, 5.74) is 0.977. The molecule has 1 atom stereocenters. The van der Waals surface area contributed by atoms with Crippen LogP contribution in [0.25, 0.3) is 10.8 Å². The van der Waals surface area contributed by atoms with Gasteiger partial charge in [-0.25, -0.2) is 4.98 Å². The van der Waals surface area contributed by atoms with Crippen LogP contribution < -0.4 is 0 Å². The summed E-state index contributed by atoms with van der Waals surface area (Å²) in [6, 6.07) is 3.74. The number of thiazole rings is 1. The van der Waals surface area contributed by atoms with Gasteiger partial charge in [-0.15, -0.1) is 11.3 Å². The van der Waals surface area contributed by atoms with Crippen LogP contribution in [0.3, 0.4) is 0 Å². The summed E-state index contributed by atoms with van der Waals surface area (Å²) in [5, 5.41) is 2.92. The zero-order valence-corrected chi connectivity index (χ0v) is 13.7. The number of carbonyl (C=O) groups excluding carboxylic acids is 1. The van der Waals surface area contributed by atoms with Crippen LogP contribution in [0.2, 0.25) is 0 Å². The Bertz CT molecular complexity index is 649. The van der Waals surface area contributed by atoms with Crippen LogP contribution in [0.5, 0.6) is 0 Å². The summed E-state index contributed by atoms with van der Waals surface area (Å²) in [6.45, 7) is 3.51. The van der Waals surface area contributed by atoms with Gasteiger partial charge in [-0.05, 0) is 38.4 Å². The van der Waals surface area contributed by atoms with E-state index in [4.69, 9.17) is 9.15 Å². The molecule has 0 radical (unpaired) electrons. The molecule has 3 rings (SSSR count). The first-order valence-corrected chi connectivity index (χ1v) is 8.38. The lowest BCUT2D eigenvalue weighted by Crippen LogP contribution is -2.44. The van der Waals surface area contributed by atoms with Crippen molar-refractivity contribution in [2.45, 2.75) is 38.8 Å². The van der Waals surface area contributed by atoms with Gasteiger partial charge in [0.05, 0.1) is 12.8 Å². The van der Waals surface area contributed by atoms with E-state index in [1.807, 2.05) is 24.4 Å². The van der Waals surface area contributed by atoms with Crippen LogP contribution in [0.4, 0.5) is 0 Å². The molecular weight excluding hydrogens is 300 g/mol. The van der Waals surface area contributed by atoms with Gasteiger partial charge in [-0.2, -0.15) is 0 Å². The highest BCUT2D eigenvalue weighted by Crippen LogP contribution is 2.27. The molecule has 1 aliphatic heterocycles. The maximum absolute atomic E-state index is 11.9. The second-order valence-corrected chi connectivity index (χ2v) is 6.42. The molecule has 22 heavy (non-hydrogen) atoms. The van der Waals surface area contributed by atoms with Crippen LogP contribution in [0.1, 0.15) is 30.7 Å². The average Bonchev–Trinajstić information content (AvgIpc) is 3.16. The molecule has 0 saturated carbocycles. The molecule has 118 valence electrons. The highest BCUT2D eigenvalue weighted by atomic mass is 32.1. The minimum absolute atomic E-state index is 0.142. The first kappa shape index (κ1) is 15.2. The Morgan fingerprint density at radius 2 is 2.36 bits per heavy atom. The number of piperidine rings is 1. The molecule has 0 N–H and O–H groups in total. The zero-order chi connectivity index (χ0) is 15.5. The molecule has 0 aromatic carbocycles. The van der Waals surface area contributed by atoms with Crippen LogP contribution in [0.15, 0.2) is 21.9 Å². The molecule has 2 aromatic heterocycles. The highest BCUT2D eigenvalue weighted by Gasteiger charge is 2.29. The molecule has 6 heteroatoms. The molecule has 0 aliphatic carbocycles. The van der Waals surface area contributed by atoms with Crippen molar-refractivity contribution in [2.24, 2.45) is 0 Å². The van der Waals surface area contributed by atoms with E-state index in [0.29, 0.717) is 6.54 Å². The Balaban J connectivity index is 1.72. The predicted octanol–water partition coefficient (Wildman–Crippen LogP) is 3.24. The van der Waals surface area contributed by atoms with Crippen molar-refractivity contribution in [2.75, 3.05) is 13.7 Å². The second-order valence-electron chi connectivity index (χ2n) is 5.56. The summed E-state index contributed by atoms with van der Waals surface area (Å²) in [7, 11) is 1.45. The molecule has 5 nitrogen and oxygen atoms in total. The fourth-order valence-corrected chi connectivity index (χ4v) is 3.60. The number of methoxy groups -OCH3 is 1. The van der Waals surface area contributed by atoms with Gasteiger partial charge in [0.1, 0.15) is 11.8 Å². The minimum atomic E-state index is -0.144. The number of hydrogen-bond donors (Lipinski definition) is 0. The number of aromatic nitrogens is 1. The first-order valence-electron chi connectivity index (χ1n) is 7.50. The Morgan fingerprint density at radius 3 is 3.09 bits per heavy atom. The monoisotopic (exact) mass is 320 g/mol. The number of aryl methyl sites for hydroxylation is 1. The standard InChI is InChI=1S/C16H20N2O3S/c1-11-6-7-14(21-11)15-17-12(10-22-15)9-18-8-4-3-5-13(18)16(19)20-2/h6-7,10,13H,3-5,8-9H2,1-2H3. The van der Waals surface area contributed by atoms with E-state index in [1.165, 1.54) is 7.11 Å². The molecule has 1 aliphatic rings. The molecule has 3 heterocycles. The smallest absolute Gasteiger partial charge is 0.323 e. The van der Waals surface area contributed by atoms with Crippen molar-refractivity contribution in [1.82, 2.24) is 9.88 Å². The van der Waals surface area contributed by atoms with Gasteiger partial charge in [0, 0.05) is 11.9 Å². The molecule has 0 spiro atoms. The van der Waals surface area contributed by atoms with Crippen molar-refractivity contribution in [3.05, 3.63) is 29.0 Å². The predicted molar refractivity (Wildman–Crippen MR) is 84.6 cm³/mol. The minimum Gasteiger partial charge on any atom is -0.468 e. The molecular formula is C16H20N2O3S. The Labute approximate surface area is 133 Å². The van der Waals surface area contributed by atoms with Gasteiger partial charge in [0.2, 0.25) is 0 Å². The van der Waals surface area contributed by atoms with Crippen molar-refractivity contribution in [3.63, 3.8) is 0 Å². The third kappa shape index (κ3) is 3.23. The normalized spacial score (nSPS) is 19.3. The summed E-state index contributed by atoms with van der Waals surface area (Å²) < 4.78 is 10.5. The van der Waals surface area contributed by atoms with E-state index in [9.17, 15) is 4.79 Å². The van der Waals surface area contributed by atoms with Gasteiger partial charge >= 0.3 is 5.97 Å². The van der Waals surface area contributed by atoms with Gasteiger partial charge in [0.25, 0.3) is 0 Å². The Morgan fingerprint density at radius 1 is 1.50 bits per heavy atom. The third-order valence-electron chi connectivity index (χ3n) is 3.95. The van der Waals surface area contributed by atoms with Crippen molar-refractivity contribution >= 4 is 17.3 Å². The van der Waals surface area contributed by atoms with Gasteiger partial charge in [-0.3, -0.25) is 9.69 Å². The first-order chi connectivity index (χ1) is 10.7. The van der Waals surface area contributed by atoms with E-state index < -0.39 is 0 Å². The van der Waals surface area contributed by atoms with Gasteiger partial charge in [0.15, 0.2) is 10.8 Å². The van der Waals surface area contributed by atoms with E-state index in [2.05, 4.69) is 9.88 Å². The van der Waals surface area contributed by atoms with Gasteiger partial charge in [-0.1, -0.05) is 6.42 Å². The second kappa shape index (κ2) is 6.62. The van der Waals surface area contributed by atoms with E-state index in [0.717, 1.165) is 48.0 Å². The molecule has 2 aromatic rings. The number of esters is 1. The number of carbonyl (C=O) groups is 1. The SMILES string of the molecule is COC(=O)C1CCCCN1Cc1csc(-c2ccc(C)o2)n1. The summed E-state index contributed by atoms with van der Waals surface area (Å²) in [6.07, 6.45) is 3.05. The molecule has 1 fully saturated rings. The number of furan rings is 1.